The van der Waals surface area contributed by atoms with E-state index in [-0.39, 0.29) is 5.91 Å². The minimum absolute atomic E-state index is 0.259. The number of fused-ring (bicyclic) bond motifs is 1. The van der Waals surface area contributed by atoms with Crippen LogP contribution in [-0.2, 0) is 19.0 Å². The van der Waals surface area contributed by atoms with Crippen molar-refractivity contribution in [2.75, 3.05) is 6.54 Å². The van der Waals surface area contributed by atoms with Gasteiger partial charge in [0.1, 0.15) is 0 Å². The van der Waals surface area contributed by atoms with Crippen molar-refractivity contribution >= 4 is 5.91 Å². The molecular weight excluding hydrogens is 331 g/mol. The van der Waals surface area contributed by atoms with E-state index < -0.39 is 11.9 Å². The topological polar surface area (TPSA) is 46.9 Å². The van der Waals surface area contributed by atoms with Crippen LogP contribution in [-0.4, -0.2) is 22.2 Å². The molecule has 1 amide bonds. The third-order valence-electron chi connectivity index (χ3n) is 4.23. The molecule has 1 aromatic heterocycles. The second-order valence-corrected chi connectivity index (χ2v) is 5.94. The first kappa shape index (κ1) is 17.3. The minimum Gasteiger partial charge on any atom is -0.349 e. The highest BCUT2D eigenvalue weighted by Crippen LogP contribution is 2.36. The number of carbonyl (C=O) groups excluding carboxylic acids is 1. The van der Waals surface area contributed by atoms with Crippen LogP contribution in [0.2, 0.25) is 0 Å². The SMILES string of the molecule is C=CCNC(=O)c1ccc(-n2nc(C(F)(F)F)c3c2CCCC3)cc1. The molecule has 1 aromatic carbocycles. The fourth-order valence-corrected chi connectivity index (χ4v) is 3.06. The molecule has 2 aromatic rings. The first-order chi connectivity index (χ1) is 11.9. The fourth-order valence-electron chi connectivity index (χ4n) is 3.06. The van der Waals surface area contributed by atoms with Crippen molar-refractivity contribution in [1.82, 2.24) is 15.1 Å². The van der Waals surface area contributed by atoms with Gasteiger partial charge in [-0.05, 0) is 49.9 Å². The monoisotopic (exact) mass is 349 g/mol. The molecule has 1 aliphatic carbocycles. The molecule has 1 N–H and O–H groups in total. The Kier molecular flexibility index (Phi) is 4.65. The van der Waals surface area contributed by atoms with Gasteiger partial charge in [-0.2, -0.15) is 18.3 Å². The lowest BCUT2D eigenvalue weighted by Gasteiger charge is -2.14. The molecule has 0 saturated heterocycles. The molecule has 0 radical (unpaired) electrons. The number of nitrogens with zero attached hydrogens (tertiary/aromatic N) is 2. The molecule has 0 unspecified atom stereocenters. The molecule has 0 spiro atoms. The number of benzene rings is 1. The first-order valence-corrected chi connectivity index (χ1v) is 8.09. The molecule has 0 atom stereocenters. The Hall–Kier alpha value is -2.57. The van der Waals surface area contributed by atoms with Crippen molar-refractivity contribution in [3.05, 3.63) is 59.4 Å². The Balaban J connectivity index is 1.95. The van der Waals surface area contributed by atoms with E-state index >= 15 is 0 Å². The quantitative estimate of drug-likeness (QED) is 0.856. The van der Waals surface area contributed by atoms with Gasteiger partial charge in [0.15, 0.2) is 5.69 Å². The van der Waals surface area contributed by atoms with E-state index in [0.717, 1.165) is 12.8 Å². The van der Waals surface area contributed by atoms with E-state index in [1.54, 1.807) is 30.3 Å². The van der Waals surface area contributed by atoms with Gasteiger partial charge in [-0.25, -0.2) is 4.68 Å². The number of amides is 1. The second kappa shape index (κ2) is 6.74. The first-order valence-electron chi connectivity index (χ1n) is 8.09. The summed E-state index contributed by atoms with van der Waals surface area (Å²) in [6, 6.07) is 6.39. The standard InChI is InChI=1S/C18H18F3N3O/c1-2-11-22-17(25)12-7-9-13(10-8-12)24-15-6-4-3-5-14(15)16(23-24)18(19,20)21/h2,7-10H,1,3-6,11H2,(H,22,25). The average Bonchev–Trinajstić information content (AvgIpc) is 3.00. The molecule has 0 aliphatic heterocycles. The zero-order chi connectivity index (χ0) is 18.0. The molecule has 4 nitrogen and oxygen atoms in total. The summed E-state index contributed by atoms with van der Waals surface area (Å²) in [5, 5.41) is 6.49. The Morgan fingerprint density at radius 1 is 1.24 bits per heavy atom. The molecule has 132 valence electrons. The third-order valence-corrected chi connectivity index (χ3v) is 4.23. The normalized spacial score (nSPS) is 14.0. The molecular formula is C18H18F3N3O. The van der Waals surface area contributed by atoms with Gasteiger partial charge in [-0.1, -0.05) is 6.08 Å². The van der Waals surface area contributed by atoms with Gasteiger partial charge in [0, 0.05) is 23.4 Å². The Labute approximate surface area is 143 Å². The van der Waals surface area contributed by atoms with Gasteiger partial charge in [0.25, 0.3) is 5.91 Å². The van der Waals surface area contributed by atoms with Crippen LogP contribution in [0, 0.1) is 0 Å². The van der Waals surface area contributed by atoms with Crippen molar-refractivity contribution in [2.45, 2.75) is 31.9 Å². The molecule has 3 rings (SSSR count). The van der Waals surface area contributed by atoms with Crippen LogP contribution >= 0.6 is 0 Å². The van der Waals surface area contributed by atoms with Gasteiger partial charge in [0.05, 0.1) is 5.69 Å². The van der Waals surface area contributed by atoms with Crippen LogP contribution < -0.4 is 5.32 Å². The van der Waals surface area contributed by atoms with E-state index in [9.17, 15) is 18.0 Å². The summed E-state index contributed by atoms with van der Waals surface area (Å²) >= 11 is 0. The number of nitrogens with one attached hydrogen (secondary N) is 1. The maximum Gasteiger partial charge on any atom is 0.435 e. The van der Waals surface area contributed by atoms with Crippen LogP contribution in [0.5, 0.6) is 0 Å². The highest BCUT2D eigenvalue weighted by Gasteiger charge is 2.39. The minimum atomic E-state index is -4.46. The predicted molar refractivity (Wildman–Crippen MR) is 87.7 cm³/mol. The van der Waals surface area contributed by atoms with Gasteiger partial charge in [-0.15, -0.1) is 6.58 Å². The van der Waals surface area contributed by atoms with Crippen LogP contribution in [0.25, 0.3) is 5.69 Å². The maximum absolute atomic E-state index is 13.3. The molecule has 1 heterocycles. The summed E-state index contributed by atoms with van der Waals surface area (Å²) in [6.45, 7) is 3.87. The number of hydrogen-bond donors (Lipinski definition) is 1. The summed E-state index contributed by atoms with van der Waals surface area (Å²) in [5.41, 5.74) is 1.07. The molecule has 7 heteroatoms. The number of halogens is 3. The van der Waals surface area contributed by atoms with Crippen LogP contribution in [0.4, 0.5) is 13.2 Å². The van der Waals surface area contributed by atoms with Crippen LogP contribution in [0.1, 0.15) is 40.2 Å². The van der Waals surface area contributed by atoms with Gasteiger partial charge in [-0.3, -0.25) is 4.79 Å². The highest BCUT2D eigenvalue weighted by molar-refractivity contribution is 5.94. The number of hydrogen-bond acceptors (Lipinski definition) is 2. The van der Waals surface area contributed by atoms with E-state index in [4.69, 9.17) is 0 Å². The van der Waals surface area contributed by atoms with Crippen molar-refractivity contribution < 1.29 is 18.0 Å². The van der Waals surface area contributed by atoms with E-state index in [1.165, 1.54) is 4.68 Å². The van der Waals surface area contributed by atoms with Crippen molar-refractivity contribution in [3.63, 3.8) is 0 Å². The van der Waals surface area contributed by atoms with E-state index in [1.807, 2.05) is 0 Å². The Bertz CT molecular complexity index is 791. The Morgan fingerprint density at radius 2 is 1.92 bits per heavy atom. The van der Waals surface area contributed by atoms with Gasteiger partial charge >= 0.3 is 6.18 Å². The van der Waals surface area contributed by atoms with Crippen LogP contribution in [0.3, 0.4) is 0 Å². The zero-order valence-corrected chi connectivity index (χ0v) is 13.6. The maximum atomic E-state index is 13.3. The zero-order valence-electron chi connectivity index (χ0n) is 13.6. The summed E-state index contributed by atoms with van der Waals surface area (Å²) in [5.74, 6) is -0.259. The summed E-state index contributed by atoms with van der Waals surface area (Å²) in [6.07, 6.45) is -0.341. The summed E-state index contributed by atoms with van der Waals surface area (Å²) in [7, 11) is 0. The number of rotatable bonds is 4. The number of aromatic nitrogens is 2. The lowest BCUT2D eigenvalue weighted by Crippen LogP contribution is -2.23. The molecule has 25 heavy (non-hydrogen) atoms. The number of alkyl halides is 3. The molecule has 0 saturated carbocycles. The van der Waals surface area contributed by atoms with Crippen molar-refractivity contribution in [1.29, 1.82) is 0 Å². The third kappa shape index (κ3) is 3.45. The van der Waals surface area contributed by atoms with Gasteiger partial charge < -0.3 is 5.32 Å². The van der Waals surface area contributed by atoms with Crippen LogP contribution in [0.15, 0.2) is 36.9 Å². The van der Waals surface area contributed by atoms with Gasteiger partial charge in [0.2, 0.25) is 0 Å². The number of carbonyl (C=O) groups is 1. The average molecular weight is 349 g/mol. The van der Waals surface area contributed by atoms with Crippen molar-refractivity contribution in [3.8, 4) is 5.69 Å². The fraction of sp³-hybridized carbons (Fsp3) is 0.333. The second-order valence-electron chi connectivity index (χ2n) is 5.94. The highest BCUT2D eigenvalue weighted by atomic mass is 19.4. The van der Waals surface area contributed by atoms with E-state index in [2.05, 4.69) is 17.0 Å². The predicted octanol–water partition coefficient (Wildman–Crippen LogP) is 3.69. The van der Waals surface area contributed by atoms with E-state index in [0.29, 0.717) is 41.9 Å². The Morgan fingerprint density at radius 3 is 2.56 bits per heavy atom. The molecule has 0 fully saturated rings. The van der Waals surface area contributed by atoms with Crippen molar-refractivity contribution in [2.24, 2.45) is 0 Å². The smallest absolute Gasteiger partial charge is 0.349 e. The lowest BCUT2D eigenvalue weighted by atomic mass is 9.95. The molecule has 1 aliphatic rings. The summed E-state index contributed by atoms with van der Waals surface area (Å²) < 4.78 is 41.1. The molecule has 0 bridgehead atoms. The summed E-state index contributed by atoms with van der Waals surface area (Å²) in [4.78, 5) is 11.9. The lowest BCUT2D eigenvalue weighted by molar-refractivity contribution is -0.142. The largest absolute Gasteiger partial charge is 0.435 e.